The van der Waals surface area contributed by atoms with Crippen LogP contribution in [0.15, 0.2) is 24.3 Å². The van der Waals surface area contributed by atoms with Gasteiger partial charge in [-0.25, -0.2) is 19.2 Å². The van der Waals surface area contributed by atoms with E-state index < -0.39 is 53.4 Å². The lowest BCUT2D eigenvalue weighted by Gasteiger charge is -2.35. The number of carbonyl (C=O) groups excluding carboxylic acids is 4. The topological polar surface area (TPSA) is 145 Å². The first kappa shape index (κ1) is 38.5. The molecule has 0 spiro atoms. The summed E-state index contributed by atoms with van der Waals surface area (Å²) in [5.74, 6) is 0.665. The van der Waals surface area contributed by atoms with Crippen LogP contribution < -0.4 is 10.1 Å². The van der Waals surface area contributed by atoms with Crippen molar-refractivity contribution in [3.8, 4) is 5.75 Å². The van der Waals surface area contributed by atoms with Crippen molar-refractivity contribution in [2.45, 2.75) is 104 Å². The predicted molar refractivity (Wildman–Crippen MR) is 177 cm³/mol. The first-order valence-electron chi connectivity index (χ1n) is 16.4. The standard InChI is InChI=1S/C34H54N4O10/c1-32(2,3)46-29(40)37-19-17-36(18-20-37)16-15-35-28(39)45-27-25(21-23-11-13-24(43-10)14-12-23)38(30(41)47-33(4,5)6)22-26(27)44-31(42)48-34(7,8)9/h11-14,25-27H,15-22H2,1-10H3,(H,35,39)/t25-,26+,27+/m1/s1. The van der Waals surface area contributed by atoms with Gasteiger partial charge in [0.1, 0.15) is 22.6 Å². The minimum absolute atomic E-state index is 0.0746. The number of amides is 3. The Morgan fingerprint density at radius 2 is 1.33 bits per heavy atom. The lowest BCUT2D eigenvalue weighted by molar-refractivity contribution is -0.0518. The average Bonchev–Trinajstić information content (AvgIpc) is 3.27. The number of piperazine rings is 1. The van der Waals surface area contributed by atoms with Crippen molar-refractivity contribution in [2.75, 3.05) is 52.9 Å². The van der Waals surface area contributed by atoms with Gasteiger partial charge in [-0.05, 0) is 86.4 Å². The molecule has 14 heteroatoms. The van der Waals surface area contributed by atoms with Crippen LogP contribution in [0.4, 0.5) is 19.2 Å². The van der Waals surface area contributed by atoms with E-state index in [1.165, 1.54) is 4.90 Å². The molecule has 2 aliphatic rings. The molecule has 48 heavy (non-hydrogen) atoms. The molecule has 1 N–H and O–H groups in total. The van der Waals surface area contributed by atoms with Crippen LogP contribution in [-0.4, -0.2) is 127 Å². The predicted octanol–water partition coefficient (Wildman–Crippen LogP) is 4.82. The highest BCUT2D eigenvalue weighted by atomic mass is 16.7. The Kier molecular flexibility index (Phi) is 12.8. The van der Waals surface area contributed by atoms with Crippen LogP contribution >= 0.6 is 0 Å². The second-order valence-electron chi connectivity index (χ2n) is 15.0. The summed E-state index contributed by atoms with van der Waals surface area (Å²) in [6.07, 6.45) is -4.43. The van der Waals surface area contributed by atoms with Crippen LogP contribution in [0, 0.1) is 0 Å². The smallest absolute Gasteiger partial charge is 0.497 e. The number of likely N-dealkylation sites (tertiary alicyclic amines) is 1. The molecule has 2 saturated heterocycles. The minimum Gasteiger partial charge on any atom is -0.497 e. The Hall–Kier alpha value is -3.94. The van der Waals surface area contributed by atoms with Gasteiger partial charge in [-0.3, -0.25) is 9.80 Å². The van der Waals surface area contributed by atoms with Gasteiger partial charge in [-0.2, -0.15) is 0 Å². The van der Waals surface area contributed by atoms with E-state index in [0.29, 0.717) is 38.5 Å². The Morgan fingerprint density at radius 3 is 1.88 bits per heavy atom. The number of hydrogen-bond acceptors (Lipinski definition) is 11. The van der Waals surface area contributed by atoms with E-state index >= 15 is 0 Å². The zero-order valence-electron chi connectivity index (χ0n) is 30.1. The van der Waals surface area contributed by atoms with Gasteiger partial charge in [0.25, 0.3) is 0 Å². The quantitative estimate of drug-likeness (QED) is 0.298. The second kappa shape index (κ2) is 16.0. The number of hydrogen-bond donors (Lipinski definition) is 1. The first-order chi connectivity index (χ1) is 22.2. The van der Waals surface area contributed by atoms with Crippen molar-refractivity contribution in [1.82, 2.24) is 20.0 Å². The number of nitrogens with zero attached hydrogens (tertiary/aromatic N) is 3. The number of methoxy groups -OCH3 is 1. The molecule has 1 aromatic carbocycles. The molecule has 0 aliphatic carbocycles. The van der Waals surface area contributed by atoms with Gasteiger partial charge in [-0.1, -0.05) is 12.1 Å². The summed E-state index contributed by atoms with van der Waals surface area (Å²) in [5.41, 5.74) is -1.34. The Labute approximate surface area is 284 Å². The van der Waals surface area contributed by atoms with Crippen molar-refractivity contribution in [1.29, 1.82) is 0 Å². The fourth-order valence-electron chi connectivity index (χ4n) is 5.24. The maximum Gasteiger partial charge on any atom is 0.509 e. The van der Waals surface area contributed by atoms with Crippen LogP contribution in [0.25, 0.3) is 0 Å². The van der Waals surface area contributed by atoms with Crippen LogP contribution in [0.3, 0.4) is 0 Å². The van der Waals surface area contributed by atoms with Crippen molar-refractivity contribution in [3.05, 3.63) is 29.8 Å². The van der Waals surface area contributed by atoms with Crippen molar-refractivity contribution in [2.24, 2.45) is 0 Å². The largest absolute Gasteiger partial charge is 0.509 e. The zero-order chi connectivity index (χ0) is 35.9. The fraction of sp³-hybridized carbons (Fsp3) is 0.706. The maximum atomic E-state index is 13.5. The highest BCUT2D eigenvalue weighted by Gasteiger charge is 2.50. The third-order valence-corrected chi connectivity index (χ3v) is 7.36. The number of ether oxygens (including phenoxy) is 6. The molecule has 3 amide bonds. The minimum atomic E-state index is -1.04. The van der Waals surface area contributed by atoms with Crippen LogP contribution in [0.2, 0.25) is 0 Å². The van der Waals surface area contributed by atoms with Crippen LogP contribution in [0.5, 0.6) is 5.75 Å². The van der Waals surface area contributed by atoms with E-state index in [2.05, 4.69) is 10.2 Å². The molecule has 0 radical (unpaired) electrons. The summed E-state index contributed by atoms with van der Waals surface area (Å²) in [6.45, 7) is 18.9. The molecule has 0 saturated carbocycles. The van der Waals surface area contributed by atoms with Gasteiger partial charge >= 0.3 is 24.4 Å². The van der Waals surface area contributed by atoms with Gasteiger partial charge in [0.05, 0.1) is 19.7 Å². The summed E-state index contributed by atoms with van der Waals surface area (Å²) in [7, 11) is 1.57. The van der Waals surface area contributed by atoms with E-state index in [9.17, 15) is 19.2 Å². The Balaban J connectivity index is 1.72. The summed E-state index contributed by atoms with van der Waals surface area (Å²) in [6, 6.07) is 6.58. The van der Waals surface area contributed by atoms with Crippen LogP contribution in [-0.2, 0) is 30.1 Å². The lowest BCUT2D eigenvalue weighted by Crippen LogP contribution is -2.51. The maximum absolute atomic E-state index is 13.5. The SMILES string of the molecule is COc1ccc(C[C@@H]2[C@H](OC(=O)NCCN3CCN(C(=O)OC(C)(C)C)CC3)[C@@H](OC(=O)OC(C)(C)C)CN2C(=O)OC(C)(C)C)cc1. The molecular formula is C34H54N4O10. The number of alkyl carbamates (subject to hydrolysis) is 1. The van der Waals surface area contributed by atoms with Gasteiger partial charge in [0.2, 0.25) is 0 Å². The summed E-state index contributed by atoms with van der Waals surface area (Å²) >= 11 is 0. The fourth-order valence-corrected chi connectivity index (χ4v) is 5.24. The third kappa shape index (κ3) is 12.6. The highest BCUT2D eigenvalue weighted by molar-refractivity contribution is 5.71. The molecule has 2 fully saturated rings. The monoisotopic (exact) mass is 678 g/mol. The van der Waals surface area contributed by atoms with E-state index in [1.807, 2.05) is 32.9 Å². The van der Waals surface area contributed by atoms with E-state index in [1.54, 1.807) is 65.7 Å². The number of carbonyl (C=O) groups is 4. The molecule has 0 bridgehead atoms. The third-order valence-electron chi connectivity index (χ3n) is 7.36. The molecule has 14 nitrogen and oxygen atoms in total. The normalized spacial score (nSPS) is 20.5. The van der Waals surface area contributed by atoms with Gasteiger partial charge in [0, 0.05) is 39.3 Å². The molecule has 0 aromatic heterocycles. The molecule has 3 atom stereocenters. The van der Waals surface area contributed by atoms with Gasteiger partial charge in [-0.15, -0.1) is 0 Å². The molecule has 270 valence electrons. The molecule has 3 rings (SSSR count). The first-order valence-corrected chi connectivity index (χ1v) is 16.4. The number of nitrogens with one attached hydrogen (secondary N) is 1. The van der Waals surface area contributed by atoms with E-state index in [4.69, 9.17) is 28.4 Å². The summed E-state index contributed by atoms with van der Waals surface area (Å²) in [4.78, 5) is 57.1. The van der Waals surface area contributed by atoms with E-state index in [0.717, 1.165) is 5.56 Å². The second-order valence-corrected chi connectivity index (χ2v) is 15.0. The van der Waals surface area contributed by atoms with Crippen molar-refractivity contribution in [3.63, 3.8) is 0 Å². The lowest BCUT2D eigenvalue weighted by atomic mass is 10.0. The van der Waals surface area contributed by atoms with Gasteiger partial charge < -0.3 is 38.6 Å². The Morgan fingerprint density at radius 1 is 0.771 bits per heavy atom. The van der Waals surface area contributed by atoms with E-state index in [-0.39, 0.29) is 25.6 Å². The summed E-state index contributed by atoms with van der Waals surface area (Å²) in [5, 5.41) is 2.78. The van der Waals surface area contributed by atoms with Gasteiger partial charge in [0.15, 0.2) is 12.2 Å². The average molecular weight is 679 g/mol. The van der Waals surface area contributed by atoms with Crippen molar-refractivity contribution >= 4 is 24.4 Å². The summed E-state index contributed by atoms with van der Waals surface area (Å²) < 4.78 is 33.4. The zero-order valence-corrected chi connectivity index (χ0v) is 30.1. The molecule has 2 heterocycles. The highest BCUT2D eigenvalue weighted by Crippen LogP contribution is 2.30. The molecule has 0 unspecified atom stereocenters. The van der Waals surface area contributed by atoms with Crippen molar-refractivity contribution < 1.29 is 47.6 Å². The Bertz CT molecular complexity index is 1240. The molecule has 1 aromatic rings. The molecule has 2 aliphatic heterocycles. The molecular weight excluding hydrogens is 624 g/mol. The number of benzene rings is 1. The van der Waals surface area contributed by atoms with Crippen LogP contribution in [0.1, 0.15) is 67.9 Å². The number of rotatable bonds is 8.